The van der Waals surface area contributed by atoms with Crippen molar-refractivity contribution in [2.75, 3.05) is 5.75 Å². The van der Waals surface area contributed by atoms with E-state index in [0.717, 1.165) is 0 Å². The fraction of sp³-hybridized carbons (Fsp3) is 0.364. The van der Waals surface area contributed by atoms with E-state index >= 15 is 0 Å². The maximum atomic E-state index is 13.0. The van der Waals surface area contributed by atoms with Gasteiger partial charge in [0.05, 0.1) is 12.0 Å². The Bertz CT molecular complexity index is 618. The molecule has 102 valence electrons. The number of rotatable bonds is 3. The lowest BCUT2D eigenvalue weighted by Gasteiger charge is -2.26. The topological polar surface area (TPSA) is 70.0 Å². The van der Waals surface area contributed by atoms with E-state index in [1.165, 1.54) is 24.4 Å². The normalized spacial score (nSPS) is 15.0. The molecular formula is C11H14BFN2O3S. The van der Waals surface area contributed by atoms with E-state index in [0.29, 0.717) is 15.4 Å². The lowest BCUT2D eigenvalue weighted by molar-refractivity contribution is 0.471. The van der Waals surface area contributed by atoms with Crippen molar-refractivity contribution in [1.82, 2.24) is 4.33 Å². The molecule has 1 aliphatic rings. The second-order valence-corrected chi connectivity index (χ2v) is 6.71. The van der Waals surface area contributed by atoms with Crippen molar-refractivity contribution in [3.8, 4) is 0 Å². The molecular weight excluding hydrogens is 270 g/mol. The van der Waals surface area contributed by atoms with Gasteiger partial charge in [0, 0.05) is 0 Å². The largest absolute Gasteiger partial charge is 0.484 e. The summed E-state index contributed by atoms with van der Waals surface area (Å²) in [7, 11) is -5.11. The fourth-order valence-electron chi connectivity index (χ4n) is 1.92. The van der Waals surface area contributed by atoms with Gasteiger partial charge in [0.2, 0.25) is 10.0 Å². The minimum absolute atomic E-state index is 0.0815. The summed E-state index contributed by atoms with van der Waals surface area (Å²) in [5.41, 5.74) is 0.701. The second kappa shape index (κ2) is 4.94. The third kappa shape index (κ3) is 2.79. The highest BCUT2D eigenvalue weighted by atomic mass is 32.2. The van der Waals surface area contributed by atoms with Crippen molar-refractivity contribution in [1.29, 1.82) is 0 Å². The van der Waals surface area contributed by atoms with Gasteiger partial charge in [-0.25, -0.2) is 17.1 Å². The average Bonchev–Trinajstić information content (AvgIpc) is 2.26. The Balaban J connectivity index is 2.37. The molecule has 0 saturated carbocycles. The van der Waals surface area contributed by atoms with Gasteiger partial charge in [-0.2, -0.15) is 5.10 Å². The molecule has 8 heteroatoms. The third-order valence-corrected chi connectivity index (χ3v) is 4.63. The summed E-state index contributed by atoms with van der Waals surface area (Å²) in [5, 5.41) is 13.8. The highest BCUT2D eigenvalue weighted by molar-refractivity contribution is 7.90. The maximum Gasteiger partial charge on any atom is 0.484 e. The van der Waals surface area contributed by atoms with E-state index in [-0.39, 0.29) is 11.7 Å². The molecule has 0 bridgehead atoms. The highest BCUT2D eigenvalue weighted by Crippen LogP contribution is 2.14. The Kier molecular flexibility index (Phi) is 3.64. The third-order valence-electron chi connectivity index (χ3n) is 2.68. The molecule has 1 aliphatic heterocycles. The van der Waals surface area contributed by atoms with Gasteiger partial charge >= 0.3 is 7.05 Å². The Morgan fingerprint density at radius 1 is 1.47 bits per heavy atom. The zero-order valence-electron chi connectivity index (χ0n) is 10.6. The molecule has 1 N–H and O–H groups in total. The van der Waals surface area contributed by atoms with Gasteiger partial charge in [-0.1, -0.05) is 19.9 Å². The van der Waals surface area contributed by atoms with Crippen LogP contribution in [-0.2, 0) is 10.0 Å². The lowest BCUT2D eigenvalue weighted by Crippen LogP contribution is -2.53. The van der Waals surface area contributed by atoms with Crippen LogP contribution in [-0.4, -0.2) is 36.8 Å². The van der Waals surface area contributed by atoms with Crippen LogP contribution in [0.1, 0.15) is 19.4 Å². The molecule has 0 spiro atoms. The lowest BCUT2D eigenvalue weighted by atomic mass is 9.72. The van der Waals surface area contributed by atoms with Crippen LogP contribution in [0, 0.1) is 11.7 Å². The van der Waals surface area contributed by atoms with Gasteiger partial charge in [-0.15, -0.1) is 0 Å². The summed E-state index contributed by atoms with van der Waals surface area (Å²) in [6.07, 6.45) is 1.24. The SMILES string of the molecule is CC(C)CS(=O)(=O)N1N=Cc2cc(F)ccc2B1O. The first-order valence-corrected chi connectivity index (χ1v) is 7.46. The zero-order chi connectivity index (χ0) is 14.2. The number of sulfonamides is 1. The first kappa shape index (κ1) is 14.0. The van der Waals surface area contributed by atoms with Gasteiger partial charge in [-0.05, 0) is 29.1 Å². The molecule has 19 heavy (non-hydrogen) atoms. The highest BCUT2D eigenvalue weighted by Gasteiger charge is 2.37. The van der Waals surface area contributed by atoms with E-state index in [9.17, 15) is 17.8 Å². The molecule has 2 rings (SSSR count). The summed E-state index contributed by atoms with van der Waals surface area (Å²) < 4.78 is 37.8. The van der Waals surface area contributed by atoms with Crippen molar-refractivity contribution < 1.29 is 17.8 Å². The number of hydrazone groups is 1. The number of fused-ring (bicyclic) bond motifs is 1. The molecule has 0 radical (unpaired) electrons. The van der Waals surface area contributed by atoms with Crippen LogP contribution in [0.4, 0.5) is 4.39 Å². The first-order chi connectivity index (χ1) is 8.81. The van der Waals surface area contributed by atoms with Crippen LogP contribution in [0.3, 0.4) is 0 Å². The van der Waals surface area contributed by atoms with Crippen molar-refractivity contribution >= 4 is 28.8 Å². The predicted molar refractivity (Wildman–Crippen MR) is 72.1 cm³/mol. The molecule has 1 heterocycles. The fourth-order valence-corrected chi connectivity index (χ4v) is 3.52. The molecule has 0 amide bonds. The Morgan fingerprint density at radius 2 is 2.16 bits per heavy atom. The van der Waals surface area contributed by atoms with E-state index in [2.05, 4.69) is 5.10 Å². The smallest absolute Gasteiger partial charge is 0.427 e. The quantitative estimate of drug-likeness (QED) is 0.803. The Morgan fingerprint density at radius 3 is 2.79 bits per heavy atom. The van der Waals surface area contributed by atoms with E-state index in [1.54, 1.807) is 13.8 Å². The molecule has 0 unspecified atom stereocenters. The second-order valence-electron chi connectivity index (χ2n) is 4.84. The van der Waals surface area contributed by atoms with Gasteiger partial charge in [0.25, 0.3) is 0 Å². The first-order valence-electron chi connectivity index (χ1n) is 5.85. The number of halogens is 1. The van der Waals surface area contributed by atoms with Crippen LogP contribution in [0.5, 0.6) is 0 Å². The summed E-state index contributed by atoms with van der Waals surface area (Å²) in [6, 6.07) is 3.74. The van der Waals surface area contributed by atoms with Crippen LogP contribution >= 0.6 is 0 Å². The minimum Gasteiger partial charge on any atom is -0.427 e. The molecule has 5 nitrogen and oxygen atoms in total. The van der Waals surface area contributed by atoms with Crippen LogP contribution < -0.4 is 5.46 Å². The monoisotopic (exact) mass is 284 g/mol. The summed E-state index contributed by atoms with van der Waals surface area (Å²) >= 11 is 0. The van der Waals surface area contributed by atoms with Gasteiger partial charge in [-0.3, -0.25) is 0 Å². The van der Waals surface area contributed by atoms with Gasteiger partial charge in [0.15, 0.2) is 0 Å². The number of nitrogens with zero attached hydrogens (tertiary/aromatic N) is 2. The molecule has 0 aromatic heterocycles. The Labute approximate surface area is 111 Å². The molecule has 0 aliphatic carbocycles. The Hall–Kier alpha value is -1.41. The number of hydrogen-bond acceptors (Lipinski definition) is 4. The number of benzene rings is 1. The van der Waals surface area contributed by atoms with E-state index < -0.39 is 22.9 Å². The molecule has 0 fully saturated rings. The van der Waals surface area contributed by atoms with Gasteiger partial charge < -0.3 is 5.02 Å². The van der Waals surface area contributed by atoms with E-state index in [4.69, 9.17) is 0 Å². The minimum atomic E-state index is -3.69. The maximum absolute atomic E-state index is 13.0. The summed E-state index contributed by atoms with van der Waals surface area (Å²) in [4.78, 5) is 0. The van der Waals surface area contributed by atoms with Crippen LogP contribution in [0.2, 0.25) is 0 Å². The molecule has 0 atom stereocenters. The van der Waals surface area contributed by atoms with Crippen molar-refractivity contribution in [3.05, 3.63) is 29.6 Å². The van der Waals surface area contributed by atoms with Crippen molar-refractivity contribution in [3.63, 3.8) is 0 Å². The molecule has 0 saturated heterocycles. The molecule has 1 aromatic carbocycles. The summed E-state index contributed by atoms with van der Waals surface area (Å²) in [6.45, 7) is 3.53. The number of hydrogen-bond donors (Lipinski definition) is 1. The van der Waals surface area contributed by atoms with Crippen molar-refractivity contribution in [2.45, 2.75) is 13.8 Å². The molecule has 1 aromatic rings. The summed E-state index contributed by atoms with van der Waals surface area (Å²) in [5.74, 6) is -0.657. The zero-order valence-corrected chi connectivity index (χ0v) is 11.4. The standard InChI is InChI=1S/C11H14BFN2O3S/c1-8(2)7-19(17,18)15-12(16)11-4-3-10(13)5-9(11)6-14-15/h3-6,8,16H,7H2,1-2H3. The van der Waals surface area contributed by atoms with Crippen LogP contribution in [0.25, 0.3) is 0 Å². The van der Waals surface area contributed by atoms with E-state index in [1.807, 2.05) is 0 Å². The average molecular weight is 284 g/mol. The predicted octanol–water partition coefficient (Wildman–Crippen LogP) is 0.149. The van der Waals surface area contributed by atoms with Crippen LogP contribution in [0.15, 0.2) is 23.3 Å². The van der Waals surface area contributed by atoms with Gasteiger partial charge in [0.1, 0.15) is 5.82 Å². The van der Waals surface area contributed by atoms with Crippen molar-refractivity contribution in [2.24, 2.45) is 11.0 Å².